The van der Waals surface area contributed by atoms with E-state index in [1.54, 1.807) is 0 Å². The van der Waals surface area contributed by atoms with Crippen molar-refractivity contribution in [3.05, 3.63) is 34.9 Å². The summed E-state index contributed by atoms with van der Waals surface area (Å²) in [6, 6.07) is 3.01. The van der Waals surface area contributed by atoms with E-state index < -0.39 is 22.5 Å². The maximum Gasteiger partial charge on any atom is 0.416 e. The third-order valence-corrected chi connectivity index (χ3v) is 2.96. The molecule has 1 atom stereocenters. The van der Waals surface area contributed by atoms with Crippen LogP contribution >= 0.6 is 15.9 Å². The second-order valence-corrected chi connectivity index (χ2v) is 4.27. The maximum absolute atomic E-state index is 12.4. The van der Waals surface area contributed by atoms with E-state index >= 15 is 0 Å². The normalized spacial score (nSPS) is 19.8. The lowest BCUT2D eigenvalue weighted by Gasteiger charge is -2.16. The van der Waals surface area contributed by atoms with E-state index in [-0.39, 0.29) is 5.56 Å². The number of aliphatic imine (C=N–C) groups is 1. The molecule has 0 N–H and O–H groups in total. The van der Waals surface area contributed by atoms with E-state index in [4.69, 9.17) is 0 Å². The summed E-state index contributed by atoms with van der Waals surface area (Å²) in [7, 11) is 0. The Bertz CT molecular complexity index is 481. The molecule has 0 saturated carbocycles. The molecule has 1 amide bonds. The number of carbonyl (C=O) groups excluding carboxylic acids is 1. The maximum atomic E-state index is 12.4. The van der Waals surface area contributed by atoms with Gasteiger partial charge in [-0.05, 0) is 23.8 Å². The number of benzene rings is 1. The Hall–Kier alpha value is -1.17. The zero-order chi connectivity index (χ0) is 11.9. The highest BCUT2D eigenvalue weighted by molar-refractivity contribution is 9.09. The quantitative estimate of drug-likeness (QED) is 0.674. The summed E-state index contributed by atoms with van der Waals surface area (Å²) in [5, 5.41) is 0. The van der Waals surface area contributed by atoms with Gasteiger partial charge in [-0.15, -0.1) is 0 Å². The topological polar surface area (TPSA) is 29.4 Å². The van der Waals surface area contributed by atoms with E-state index in [0.29, 0.717) is 5.56 Å². The van der Waals surface area contributed by atoms with E-state index in [1.807, 2.05) is 0 Å². The summed E-state index contributed by atoms with van der Waals surface area (Å²) >= 11 is 3.15. The van der Waals surface area contributed by atoms with Crippen molar-refractivity contribution in [2.24, 2.45) is 4.99 Å². The highest BCUT2D eigenvalue weighted by Gasteiger charge is 2.32. The molecule has 84 valence electrons. The molecule has 2 rings (SSSR count). The minimum Gasteiger partial charge on any atom is -0.267 e. The summed E-state index contributed by atoms with van der Waals surface area (Å²) in [6.07, 6.45) is -3.12. The molecule has 6 heteroatoms. The van der Waals surface area contributed by atoms with E-state index in [9.17, 15) is 18.0 Å². The Morgan fingerprint density at radius 2 is 2.00 bits per heavy atom. The molecule has 0 saturated heterocycles. The third-order valence-electron chi connectivity index (χ3n) is 2.23. The third kappa shape index (κ3) is 1.89. The first-order chi connectivity index (χ1) is 7.39. The lowest BCUT2D eigenvalue weighted by Crippen LogP contribution is -2.13. The summed E-state index contributed by atoms with van der Waals surface area (Å²) in [5.41, 5.74) is -0.258. The molecular weight excluding hydrogens is 287 g/mol. The zero-order valence-corrected chi connectivity index (χ0v) is 9.34. The molecule has 1 aromatic rings. The summed E-state index contributed by atoms with van der Waals surface area (Å²) in [5.74, 6) is -0.514. The Morgan fingerprint density at radius 1 is 1.31 bits per heavy atom. The molecule has 1 aromatic carbocycles. The van der Waals surface area contributed by atoms with Gasteiger partial charge in [0.2, 0.25) is 0 Å². The molecule has 1 heterocycles. The number of fused-ring (bicyclic) bond motifs is 1. The number of amides is 1. The van der Waals surface area contributed by atoms with Crippen LogP contribution in [-0.2, 0) is 6.18 Å². The molecule has 0 aliphatic carbocycles. The van der Waals surface area contributed by atoms with Gasteiger partial charge >= 0.3 is 6.18 Å². The molecule has 0 fully saturated rings. The standard InChI is InChI=1S/C10H5BrF3NO/c11-8-4-15-9(16)6-2-1-5(3-7(6)8)10(12,13)14/h1-4,8H. The first-order valence-corrected chi connectivity index (χ1v) is 5.25. The predicted molar refractivity (Wildman–Crippen MR) is 55.9 cm³/mol. The molecule has 0 aromatic heterocycles. The van der Waals surface area contributed by atoms with Gasteiger partial charge in [-0.3, -0.25) is 4.79 Å². The van der Waals surface area contributed by atoms with E-state index in [1.165, 1.54) is 6.21 Å². The summed E-state index contributed by atoms with van der Waals surface area (Å²) in [4.78, 5) is 14.4. The monoisotopic (exact) mass is 291 g/mol. The number of carbonyl (C=O) groups is 1. The Labute approximate surface area is 97.3 Å². The van der Waals surface area contributed by atoms with Crippen LogP contribution in [0.15, 0.2) is 23.2 Å². The number of nitrogens with zero attached hydrogens (tertiary/aromatic N) is 1. The predicted octanol–water partition coefficient (Wildman–Crippen LogP) is 3.37. The first-order valence-electron chi connectivity index (χ1n) is 4.33. The van der Waals surface area contributed by atoms with Crippen LogP contribution in [0.3, 0.4) is 0 Å². The van der Waals surface area contributed by atoms with Crippen LogP contribution in [0.1, 0.15) is 26.3 Å². The van der Waals surface area contributed by atoms with Gasteiger partial charge in [0.15, 0.2) is 0 Å². The van der Waals surface area contributed by atoms with Crippen LogP contribution in [0.2, 0.25) is 0 Å². The molecule has 1 aliphatic heterocycles. The molecule has 0 bridgehead atoms. The van der Waals surface area contributed by atoms with Crippen molar-refractivity contribution in [2.75, 3.05) is 0 Å². The zero-order valence-electron chi connectivity index (χ0n) is 7.75. The minimum atomic E-state index is -4.40. The number of hydrogen-bond acceptors (Lipinski definition) is 1. The number of alkyl halides is 4. The van der Waals surface area contributed by atoms with Crippen molar-refractivity contribution in [3.8, 4) is 0 Å². The summed E-state index contributed by atoms with van der Waals surface area (Å²) < 4.78 is 37.3. The fourth-order valence-corrected chi connectivity index (χ4v) is 1.94. The smallest absolute Gasteiger partial charge is 0.267 e. The molecule has 0 spiro atoms. The van der Waals surface area contributed by atoms with Gasteiger partial charge in [0.25, 0.3) is 5.91 Å². The highest BCUT2D eigenvalue weighted by Crippen LogP contribution is 2.35. The second kappa shape index (κ2) is 3.69. The Kier molecular flexibility index (Phi) is 2.61. The molecule has 1 unspecified atom stereocenters. The molecule has 0 radical (unpaired) electrons. The van der Waals surface area contributed by atoms with Crippen LogP contribution in [0, 0.1) is 0 Å². The number of rotatable bonds is 0. The second-order valence-electron chi connectivity index (χ2n) is 3.28. The van der Waals surface area contributed by atoms with Gasteiger partial charge < -0.3 is 0 Å². The van der Waals surface area contributed by atoms with Crippen molar-refractivity contribution >= 4 is 28.1 Å². The highest BCUT2D eigenvalue weighted by atomic mass is 79.9. The lowest BCUT2D eigenvalue weighted by atomic mass is 9.99. The fourth-order valence-electron chi connectivity index (χ4n) is 1.44. The van der Waals surface area contributed by atoms with Gasteiger partial charge in [-0.25, -0.2) is 4.99 Å². The van der Waals surface area contributed by atoms with Crippen LogP contribution in [0.4, 0.5) is 13.2 Å². The minimum absolute atomic E-state index is 0.206. The van der Waals surface area contributed by atoms with E-state index in [2.05, 4.69) is 20.9 Å². The van der Waals surface area contributed by atoms with Crippen LogP contribution in [0.25, 0.3) is 0 Å². The first kappa shape index (κ1) is 11.3. The van der Waals surface area contributed by atoms with E-state index in [0.717, 1.165) is 18.2 Å². The molecule has 1 aliphatic rings. The fraction of sp³-hybridized carbons (Fsp3) is 0.200. The average molecular weight is 292 g/mol. The van der Waals surface area contributed by atoms with Crippen LogP contribution in [0.5, 0.6) is 0 Å². The SMILES string of the molecule is O=C1N=CC(Br)c2cc(C(F)(F)F)ccc21. The van der Waals surface area contributed by atoms with Gasteiger partial charge in [0.1, 0.15) is 0 Å². The van der Waals surface area contributed by atoms with Crippen molar-refractivity contribution in [2.45, 2.75) is 11.0 Å². The largest absolute Gasteiger partial charge is 0.416 e. The van der Waals surface area contributed by atoms with Gasteiger partial charge in [-0.1, -0.05) is 15.9 Å². The van der Waals surface area contributed by atoms with Gasteiger partial charge in [0.05, 0.1) is 10.4 Å². The molecular formula is C10H5BrF3NO. The Morgan fingerprint density at radius 3 is 2.62 bits per heavy atom. The van der Waals surface area contributed by atoms with Crippen molar-refractivity contribution in [1.82, 2.24) is 0 Å². The summed E-state index contributed by atoms with van der Waals surface area (Å²) in [6.45, 7) is 0. The van der Waals surface area contributed by atoms with Gasteiger partial charge in [-0.2, -0.15) is 13.2 Å². The lowest BCUT2D eigenvalue weighted by molar-refractivity contribution is -0.137. The number of hydrogen-bond donors (Lipinski definition) is 0. The van der Waals surface area contributed by atoms with Crippen LogP contribution in [-0.4, -0.2) is 12.1 Å². The van der Waals surface area contributed by atoms with Crippen molar-refractivity contribution < 1.29 is 18.0 Å². The molecule has 2 nitrogen and oxygen atoms in total. The number of halogens is 4. The van der Waals surface area contributed by atoms with Crippen LogP contribution < -0.4 is 0 Å². The van der Waals surface area contributed by atoms with Crippen molar-refractivity contribution in [3.63, 3.8) is 0 Å². The average Bonchev–Trinajstić information content (AvgIpc) is 2.22. The molecule has 16 heavy (non-hydrogen) atoms. The van der Waals surface area contributed by atoms with Crippen molar-refractivity contribution in [1.29, 1.82) is 0 Å². The van der Waals surface area contributed by atoms with Gasteiger partial charge in [0, 0.05) is 11.8 Å². The Balaban J connectivity index is 2.56.